The molecular formula is C88H60N12. The zero-order valence-electron chi connectivity index (χ0n) is 54.5. The van der Waals surface area contributed by atoms with Crippen LogP contribution in [0, 0.1) is 0 Å². The molecule has 1 aliphatic rings. The van der Waals surface area contributed by atoms with E-state index >= 15 is 0 Å². The molecule has 100 heavy (non-hydrogen) atoms. The lowest BCUT2D eigenvalue weighted by molar-refractivity contribution is 0.559. The summed E-state index contributed by atoms with van der Waals surface area (Å²) in [5.41, 5.74) is 20.3. The minimum absolute atomic E-state index is 0.429. The molecule has 0 saturated carbocycles. The van der Waals surface area contributed by atoms with Gasteiger partial charge < -0.3 is 0 Å². The third-order valence-corrected chi connectivity index (χ3v) is 19.0. The summed E-state index contributed by atoms with van der Waals surface area (Å²) in [7, 11) is 0. The Kier molecular flexibility index (Phi) is 15.5. The van der Waals surface area contributed by atoms with Crippen molar-refractivity contribution in [1.29, 1.82) is 0 Å². The van der Waals surface area contributed by atoms with Gasteiger partial charge in [0.15, 0.2) is 46.6 Å². The molecule has 0 bridgehead atoms. The van der Waals surface area contributed by atoms with Gasteiger partial charge in [0.1, 0.15) is 25.3 Å². The molecule has 472 valence electrons. The van der Waals surface area contributed by atoms with E-state index in [-0.39, 0.29) is 0 Å². The summed E-state index contributed by atoms with van der Waals surface area (Å²) in [6.45, 7) is 4.71. The lowest BCUT2D eigenvalue weighted by Crippen LogP contribution is -2.42. The average Bonchev–Trinajstić information content (AvgIpc) is 0.686. The van der Waals surface area contributed by atoms with Gasteiger partial charge in [-0.15, -0.1) is 0 Å². The maximum Gasteiger partial charge on any atom is 0.163 e. The first-order valence-corrected chi connectivity index (χ1v) is 33.2. The van der Waals surface area contributed by atoms with E-state index in [1.54, 1.807) is 25.3 Å². The van der Waals surface area contributed by atoms with Crippen LogP contribution in [0.1, 0.15) is 47.2 Å². The van der Waals surface area contributed by atoms with Gasteiger partial charge in [0.25, 0.3) is 0 Å². The number of hydrogen-bond donors (Lipinski definition) is 0. The number of rotatable bonds is 14. The Morgan fingerprint density at radius 2 is 0.380 bits per heavy atom. The Bertz CT molecular complexity index is 5090. The zero-order chi connectivity index (χ0) is 67.0. The van der Waals surface area contributed by atoms with Crippen LogP contribution in [-0.4, -0.2) is 59.8 Å². The summed E-state index contributed by atoms with van der Waals surface area (Å²) < 4.78 is 0. The predicted molar refractivity (Wildman–Crippen MR) is 396 cm³/mol. The highest BCUT2D eigenvalue weighted by Gasteiger charge is 2.49. The summed E-state index contributed by atoms with van der Waals surface area (Å²) >= 11 is 0. The maximum absolute atomic E-state index is 5.07. The average molecular weight is 1290 g/mol. The molecular weight excluding hydrogens is 1230 g/mol. The van der Waals surface area contributed by atoms with Gasteiger partial charge in [0.05, 0.1) is 5.41 Å². The Hall–Kier alpha value is -13.3. The van der Waals surface area contributed by atoms with E-state index < -0.39 is 10.8 Å². The van der Waals surface area contributed by atoms with Crippen molar-refractivity contribution in [3.8, 4) is 136 Å². The lowest BCUT2D eigenvalue weighted by atomic mass is 9.54. The maximum atomic E-state index is 5.07. The normalized spacial score (nSPS) is 12.7. The van der Waals surface area contributed by atoms with Gasteiger partial charge in [-0.05, 0) is 139 Å². The van der Waals surface area contributed by atoms with E-state index in [1.165, 1.54) is 11.1 Å². The van der Waals surface area contributed by atoms with E-state index in [0.717, 1.165) is 111 Å². The Morgan fingerprint density at radius 3 is 0.640 bits per heavy atom. The van der Waals surface area contributed by atoms with Crippen LogP contribution in [0.15, 0.2) is 329 Å². The number of hydrogen-bond acceptors (Lipinski definition) is 12. The second-order valence-corrected chi connectivity index (χ2v) is 25.4. The molecule has 16 aromatic rings. The lowest BCUT2D eigenvalue weighted by Gasteiger charge is -2.48. The standard InChI is InChI=1S/C88H60N12/c1-87(2)75-39-15-17-41-77(75)88(78-42-18-16-40-76(78)87,73-49-69(61-31-19-35-65(43-61)83-93-53-89-79(97-83)57-23-7-3-8-24-57)47-70(50-73)62-32-20-36-66(44-62)84-94-54-90-80(98-84)58-25-9-4-10-26-58)74-51-71(63-33-21-37-67(45-63)85-95-55-91-81(99-85)59-27-11-5-12-28-59)48-72(52-74)64-34-22-38-68(46-64)86-96-56-92-82(100-86)60-29-13-6-14-30-60/h3-56H,1-2H3. The fourth-order valence-electron chi connectivity index (χ4n) is 14.1. The molecule has 12 heteroatoms. The highest BCUT2D eigenvalue weighted by molar-refractivity contribution is 5.85. The van der Waals surface area contributed by atoms with Crippen molar-refractivity contribution < 1.29 is 0 Å². The smallest absolute Gasteiger partial charge is 0.163 e. The van der Waals surface area contributed by atoms with Crippen molar-refractivity contribution >= 4 is 0 Å². The molecule has 0 amide bonds. The van der Waals surface area contributed by atoms with E-state index in [9.17, 15) is 0 Å². The highest BCUT2D eigenvalue weighted by atomic mass is 15.0. The van der Waals surface area contributed by atoms with Crippen molar-refractivity contribution in [2.75, 3.05) is 0 Å². The summed E-state index contributed by atoms with van der Waals surface area (Å²) in [6.07, 6.45) is 6.39. The van der Waals surface area contributed by atoms with E-state index in [4.69, 9.17) is 39.9 Å². The van der Waals surface area contributed by atoms with E-state index in [0.29, 0.717) is 46.6 Å². The first-order chi connectivity index (χ1) is 49.3. The molecule has 0 N–H and O–H groups in total. The van der Waals surface area contributed by atoms with Gasteiger partial charge in [0, 0.05) is 49.9 Å². The van der Waals surface area contributed by atoms with Crippen molar-refractivity contribution in [3.63, 3.8) is 0 Å². The third-order valence-electron chi connectivity index (χ3n) is 19.0. The largest absolute Gasteiger partial charge is 0.217 e. The minimum atomic E-state index is -1.02. The molecule has 0 radical (unpaired) electrons. The molecule has 0 fully saturated rings. The van der Waals surface area contributed by atoms with Gasteiger partial charge in [-0.25, -0.2) is 59.8 Å². The van der Waals surface area contributed by atoms with Crippen LogP contribution in [0.4, 0.5) is 0 Å². The molecule has 1 aliphatic carbocycles. The third kappa shape index (κ3) is 11.3. The van der Waals surface area contributed by atoms with Crippen LogP contribution in [0.2, 0.25) is 0 Å². The van der Waals surface area contributed by atoms with E-state index in [1.807, 2.05) is 121 Å². The second-order valence-electron chi connectivity index (χ2n) is 25.4. The second kappa shape index (κ2) is 25.7. The van der Waals surface area contributed by atoms with Crippen molar-refractivity contribution in [2.24, 2.45) is 0 Å². The van der Waals surface area contributed by atoms with Gasteiger partial charge >= 0.3 is 0 Å². The summed E-state index contributed by atoms with van der Waals surface area (Å²) in [5.74, 6) is 4.66. The molecule has 0 atom stereocenters. The van der Waals surface area contributed by atoms with Gasteiger partial charge in [-0.2, -0.15) is 0 Å². The quantitative estimate of drug-likeness (QED) is 0.102. The Morgan fingerprint density at radius 1 is 0.180 bits per heavy atom. The van der Waals surface area contributed by atoms with Crippen LogP contribution in [-0.2, 0) is 10.8 Å². The monoisotopic (exact) mass is 1280 g/mol. The Balaban J connectivity index is 0.929. The van der Waals surface area contributed by atoms with Crippen LogP contribution < -0.4 is 0 Å². The Labute approximate surface area is 578 Å². The highest BCUT2D eigenvalue weighted by Crippen LogP contribution is 2.58. The molecule has 0 saturated heterocycles. The molecule has 17 rings (SSSR count). The number of aromatic nitrogens is 12. The first-order valence-electron chi connectivity index (χ1n) is 33.2. The summed E-state index contributed by atoms with van der Waals surface area (Å²) in [6, 6.07) is 107. The fourth-order valence-corrected chi connectivity index (χ4v) is 14.1. The fraction of sp³-hybridized carbons (Fsp3) is 0.0455. The molecule has 4 aromatic heterocycles. The SMILES string of the molecule is CC1(C)c2ccccc2C(c2cc(-c3cccc(-c4ncnc(-c5ccccc5)n4)c3)cc(-c3cccc(-c4ncnc(-c5ccccc5)n4)c3)c2)(c2cc(-c3cccc(-c4ncnc(-c5ccccc5)n4)c3)cc(-c3cccc(-c4ncnc(-c5ccccc5)n4)c3)c2)c2ccccc21. The number of benzene rings is 12. The molecule has 12 nitrogen and oxygen atoms in total. The first kappa shape index (κ1) is 60.4. The molecule has 0 aliphatic heterocycles. The van der Waals surface area contributed by atoms with Gasteiger partial charge in [0.2, 0.25) is 0 Å². The van der Waals surface area contributed by atoms with Crippen molar-refractivity contribution in [3.05, 3.63) is 362 Å². The number of fused-ring (bicyclic) bond motifs is 2. The van der Waals surface area contributed by atoms with Crippen LogP contribution in [0.3, 0.4) is 0 Å². The summed E-state index contributed by atoms with van der Waals surface area (Å²) in [5, 5.41) is 0. The topological polar surface area (TPSA) is 155 Å². The van der Waals surface area contributed by atoms with Crippen LogP contribution >= 0.6 is 0 Å². The van der Waals surface area contributed by atoms with Gasteiger partial charge in [-0.1, -0.05) is 257 Å². The molecule has 0 spiro atoms. The number of nitrogens with zero attached hydrogens (tertiary/aromatic N) is 12. The van der Waals surface area contributed by atoms with Crippen molar-refractivity contribution in [2.45, 2.75) is 24.7 Å². The van der Waals surface area contributed by atoms with Gasteiger partial charge in [-0.3, -0.25) is 0 Å². The zero-order valence-corrected chi connectivity index (χ0v) is 54.5. The summed E-state index contributed by atoms with van der Waals surface area (Å²) in [4.78, 5) is 57.9. The minimum Gasteiger partial charge on any atom is -0.217 e. The molecule has 4 heterocycles. The van der Waals surface area contributed by atoms with Crippen LogP contribution in [0.25, 0.3) is 136 Å². The predicted octanol–water partition coefficient (Wildman–Crippen LogP) is 19.5. The van der Waals surface area contributed by atoms with Crippen LogP contribution in [0.5, 0.6) is 0 Å². The van der Waals surface area contributed by atoms with Crippen molar-refractivity contribution in [1.82, 2.24) is 59.8 Å². The molecule has 0 unspecified atom stereocenters. The molecule has 12 aromatic carbocycles. The van der Waals surface area contributed by atoms with E-state index in [2.05, 4.69) is 216 Å².